The van der Waals surface area contributed by atoms with E-state index in [1.54, 1.807) is 24.3 Å². The van der Waals surface area contributed by atoms with Crippen LogP contribution >= 0.6 is 11.6 Å². The maximum absolute atomic E-state index is 11.1. The van der Waals surface area contributed by atoms with E-state index in [4.69, 9.17) is 16.0 Å². The first-order valence-electron chi connectivity index (χ1n) is 3.90. The van der Waals surface area contributed by atoms with Gasteiger partial charge in [0.25, 0.3) is 5.78 Å². The monoisotopic (exact) mass is 208 g/mol. The van der Waals surface area contributed by atoms with Gasteiger partial charge in [-0.15, -0.1) is 0 Å². The van der Waals surface area contributed by atoms with Gasteiger partial charge in [-0.05, 0) is 17.7 Å². The number of Topliss-reactive ketones (excluding diaryl/α,β-unsaturated/α-hetero) is 1. The fourth-order valence-corrected chi connectivity index (χ4v) is 1.53. The first kappa shape index (κ1) is 8.97. The van der Waals surface area contributed by atoms with Crippen LogP contribution in [0.15, 0.2) is 28.7 Å². The van der Waals surface area contributed by atoms with Gasteiger partial charge in [-0.25, -0.2) is 0 Å². The Morgan fingerprint density at radius 2 is 1.93 bits per heavy atom. The highest BCUT2D eigenvalue weighted by atomic mass is 35.5. The number of fused-ring (bicyclic) bond motifs is 1. The fourth-order valence-electron chi connectivity index (χ4n) is 1.29. The molecule has 3 nitrogen and oxygen atoms in total. The highest BCUT2D eigenvalue weighted by Gasteiger charge is 2.16. The quantitative estimate of drug-likeness (QED) is 0.433. The smallest absolute Gasteiger partial charge is 0.261 e. The Morgan fingerprint density at radius 3 is 2.57 bits per heavy atom. The molecule has 0 aliphatic rings. The second-order valence-corrected chi connectivity index (χ2v) is 3.08. The number of furan rings is 1. The average molecular weight is 209 g/mol. The largest absolute Gasteiger partial charge is 0.440 e. The van der Waals surface area contributed by atoms with Crippen LogP contribution in [0.4, 0.5) is 0 Å². The molecule has 4 heteroatoms. The van der Waals surface area contributed by atoms with Gasteiger partial charge in [0.15, 0.2) is 12.0 Å². The number of halogens is 1. The molecule has 0 atom stereocenters. The van der Waals surface area contributed by atoms with Gasteiger partial charge < -0.3 is 4.42 Å². The van der Waals surface area contributed by atoms with Crippen molar-refractivity contribution in [1.29, 1.82) is 0 Å². The number of carbonyl (C=O) groups is 2. The third-order valence-corrected chi connectivity index (χ3v) is 2.19. The van der Waals surface area contributed by atoms with E-state index < -0.39 is 5.78 Å². The molecule has 2 aromatic rings. The lowest BCUT2D eigenvalue weighted by atomic mass is 10.1. The van der Waals surface area contributed by atoms with E-state index in [1.165, 1.54) is 0 Å². The predicted molar refractivity (Wildman–Crippen MR) is 51.6 cm³/mol. The minimum atomic E-state index is -0.701. The van der Waals surface area contributed by atoms with Crippen LogP contribution < -0.4 is 0 Å². The Bertz CT molecular complexity index is 513. The highest BCUT2D eigenvalue weighted by Crippen LogP contribution is 2.29. The van der Waals surface area contributed by atoms with Crippen LogP contribution in [0.2, 0.25) is 5.22 Å². The van der Waals surface area contributed by atoms with Crippen LogP contribution in [-0.4, -0.2) is 12.1 Å². The van der Waals surface area contributed by atoms with Crippen molar-refractivity contribution in [1.82, 2.24) is 0 Å². The number of carbonyl (C=O) groups excluding carboxylic acids is 2. The summed E-state index contributed by atoms with van der Waals surface area (Å²) >= 11 is 5.74. The summed E-state index contributed by atoms with van der Waals surface area (Å²) in [5.41, 5.74) is 0. The lowest BCUT2D eigenvalue weighted by Crippen LogP contribution is -1.97. The summed E-state index contributed by atoms with van der Waals surface area (Å²) in [6.07, 6.45) is 0.210. The zero-order valence-corrected chi connectivity index (χ0v) is 7.75. The molecule has 0 radical (unpaired) electrons. The van der Waals surface area contributed by atoms with Crippen molar-refractivity contribution in [3.63, 3.8) is 0 Å². The van der Waals surface area contributed by atoms with Gasteiger partial charge in [0.05, 0.1) is 0 Å². The topological polar surface area (TPSA) is 47.3 Å². The number of hydrogen-bond donors (Lipinski definition) is 0. The van der Waals surface area contributed by atoms with E-state index in [0.717, 1.165) is 0 Å². The number of ketones is 1. The normalized spacial score (nSPS) is 10.4. The molecular formula is C10H5ClO3. The van der Waals surface area contributed by atoms with Crippen LogP contribution in [0.1, 0.15) is 10.6 Å². The van der Waals surface area contributed by atoms with E-state index in [1.807, 2.05) is 0 Å². The zero-order chi connectivity index (χ0) is 10.1. The summed E-state index contributed by atoms with van der Waals surface area (Å²) in [4.78, 5) is 21.4. The SMILES string of the molecule is O=CC(=O)c1oc(Cl)c2ccccc12. The summed E-state index contributed by atoms with van der Waals surface area (Å²) < 4.78 is 5.00. The first-order chi connectivity index (χ1) is 6.74. The van der Waals surface area contributed by atoms with Crippen LogP contribution in [0.3, 0.4) is 0 Å². The maximum Gasteiger partial charge on any atom is 0.261 e. The summed E-state index contributed by atoms with van der Waals surface area (Å²) in [7, 11) is 0. The van der Waals surface area contributed by atoms with E-state index in [2.05, 4.69) is 0 Å². The molecule has 0 aliphatic heterocycles. The number of benzene rings is 1. The van der Waals surface area contributed by atoms with E-state index in [-0.39, 0.29) is 17.3 Å². The van der Waals surface area contributed by atoms with Crippen LogP contribution in [-0.2, 0) is 4.79 Å². The molecule has 2 rings (SSSR count). The van der Waals surface area contributed by atoms with Crippen molar-refractivity contribution in [2.24, 2.45) is 0 Å². The molecule has 0 saturated carbocycles. The van der Waals surface area contributed by atoms with E-state index in [9.17, 15) is 9.59 Å². The average Bonchev–Trinajstić information content (AvgIpc) is 2.56. The molecule has 14 heavy (non-hydrogen) atoms. The Labute approximate surface area is 84.3 Å². The Kier molecular flexibility index (Phi) is 2.09. The van der Waals surface area contributed by atoms with Crippen LogP contribution in [0.5, 0.6) is 0 Å². The standard InChI is InChI=1S/C10H5ClO3/c11-10-7-4-2-1-3-6(7)9(14-10)8(13)5-12/h1-5H. The molecule has 0 N–H and O–H groups in total. The summed E-state index contributed by atoms with van der Waals surface area (Å²) in [6, 6.07) is 6.93. The minimum absolute atomic E-state index is 0.000556. The number of rotatable bonds is 2. The summed E-state index contributed by atoms with van der Waals surface area (Å²) in [6.45, 7) is 0. The van der Waals surface area contributed by atoms with Gasteiger partial charge in [0.2, 0.25) is 5.22 Å². The molecule has 0 spiro atoms. The van der Waals surface area contributed by atoms with E-state index >= 15 is 0 Å². The second-order valence-electron chi connectivity index (χ2n) is 2.73. The van der Waals surface area contributed by atoms with Gasteiger partial charge in [0.1, 0.15) is 0 Å². The van der Waals surface area contributed by atoms with Gasteiger partial charge >= 0.3 is 0 Å². The molecule has 1 heterocycles. The third kappa shape index (κ3) is 1.22. The minimum Gasteiger partial charge on any atom is -0.440 e. The van der Waals surface area contributed by atoms with Crippen molar-refractivity contribution in [2.75, 3.05) is 0 Å². The fraction of sp³-hybridized carbons (Fsp3) is 0. The first-order valence-corrected chi connectivity index (χ1v) is 4.28. The lowest BCUT2D eigenvalue weighted by molar-refractivity contribution is -0.104. The Hall–Kier alpha value is -1.61. The highest BCUT2D eigenvalue weighted by molar-refractivity contribution is 6.39. The summed E-state index contributed by atoms with van der Waals surface area (Å²) in [5.74, 6) is -0.700. The molecule has 0 amide bonds. The van der Waals surface area contributed by atoms with Gasteiger partial charge in [-0.3, -0.25) is 9.59 Å². The molecule has 0 unspecified atom stereocenters. The number of hydrogen-bond acceptors (Lipinski definition) is 3. The van der Waals surface area contributed by atoms with Crippen molar-refractivity contribution in [2.45, 2.75) is 0 Å². The van der Waals surface area contributed by atoms with Gasteiger partial charge in [0, 0.05) is 10.8 Å². The maximum atomic E-state index is 11.1. The lowest BCUT2D eigenvalue weighted by Gasteiger charge is -1.87. The molecular weight excluding hydrogens is 204 g/mol. The molecule has 0 fully saturated rings. The third-order valence-electron chi connectivity index (χ3n) is 1.91. The predicted octanol–water partition coefficient (Wildman–Crippen LogP) is 2.47. The second kappa shape index (κ2) is 3.27. The van der Waals surface area contributed by atoms with Crippen LogP contribution in [0.25, 0.3) is 10.8 Å². The molecule has 0 saturated heterocycles. The van der Waals surface area contributed by atoms with Crippen molar-refractivity contribution in [3.05, 3.63) is 35.2 Å². The molecule has 1 aromatic carbocycles. The van der Waals surface area contributed by atoms with Crippen molar-refractivity contribution >= 4 is 34.4 Å². The summed E-state index contributed by atoms with van der Waals surface area (Å²) in [5, 5.41) is 1.33. The van der Waals surface area contributed by atoms with Crippen molar-refractivity contribution < 1.29 is 14.0 Å². The molecule has 1 aromatic heterocycles. The van der Waals surface area contributed by atoms with Crippen LogP contribution in [0, 0.1) is 0 Å². The van der Waals surface area contributed by atoms with E-state index in [0.29, 0.717) is 10.8 Å². The molecule has 0 aliphatic carbocycles. The Morgan fingerprint density at radius 1 is 1.29 bits per heavy atom. The van der Waals surface area contributed by atoms with Crippen molar-refractivity contribution in [3.8, 4) is 0 Å². The number of aldehydes is 1. The van der Waals surface area contributed by atoms with Gasteiger partial charge in [-0.2, -0.15) is 0 Å². The zero-order valence-electron chi connectivity index (χ0n) is 6.99. The van der Waals surface area contributed by atoms with Gasteiger partial charge in [-0.1, -0.05) is 18.2 Å². The molecule has 70 valence electrons. The molecule has 0 bridgehead atoms. The Balaban J connectivity index is 2.78.